The van der Waals surface area contributed by atoms with Crippen LogP contribution in [0.5, 0.6) is 0 Å². The van der Waals surface area contributed by atoms with Gasteiger partial charge in [-0.2, -0.15) is 0 Å². The van der Waals surface area contributed by atoms with Gasteiger partial charge < -0.3 is 23.3 Å². The van der Waals surface area contributed by atoms with Gasteiger partial charge in [0.05, 0.1) is 18.2 Å². The second-order valence-electron chi connectivity index (χ2n) is 7.81. The van der Waals surface area contributed by atoms with Gasteiger partial charge in [0.15, 0.2) is 18.2 Å². The molecule has 2 aromatic heterocycles. The lowest BCUT2D eigenvalue weighted by Gasteiger charge is -2.16. The Morgan fingerprint density at radius 1 is 1.03 bits per heavy atom. The molecule has 10 heteroatoms. The molecule has 0 N–H and O–H groups in total. The van der Waals surface area contributed by atoms with Crippen molar-refractivity contribution < 1.29 is 23.8 Å². The number of fused-ring (bicyclic) bond motifs is 1. The van der Waals surface area contributed by atoms with Gasteiger partial charge in [-0.05, 0) is 45.0 Å². The van der Waals surface area contributed by atoms with Gasteiger partial charge in [0.2, 0.25) is 0 Å². The lowest BCUT2D eigenvalue weighted by atomic mass is 10.1. The lowest BCUT2D eigenvalue weighted by molar-refractivity contribution is -0.149. The number of ether oxygens (including phenoxy) is 3. The molecule has 2 aromatic rings. The number of aromatic nitrogens is 3. The van der Waals surface area contributed by atoms with Crippen LogP contribution in [0.2, 0.25) is 0 Å². The molecule has 0 aromatic carbocycles. The monoisotopic (exact) mass is 451 g/mol. The van der Waals surface area contributed by atoms with E-state index < -0.39 is 5.56 Å². The highest BCUT2D eigenvalue weighted by atomic mass is 32.1. The van der Waals surface area contributed by atoms with Crippen LogP contribution in [0.15, 0.2) is 17.1 Å². The molecule has 170 valence electrons. The van der Waals surface area contributed by atoms with Gasteiger partial charge in [-0.1, -0.05) is 12.8 Å². The predicted molar refractivity (Wildman–Crippen MR) is 116 cm³/mol. The van der Waals surface area contributed by atoms with Crippen LogP contribution in [-0.2, 0) is 43.8 Å². The minimum absolute atomic E-state index is 0.0547. The second-order valence-corrected chi connectivity index (χ2v) is 8.18. The van der Waals surface area contributed by atoms with Crippen molar-refractivity contribution in [2.75, 3.05) is 6.61 Å². The molecule has 0 spiro atoms. The minimum atomic E-state index is -0.401. The first-order valence-corrected chi connectivity index (χ1v) is 11.0. The van der Waals surface area contributed by atoms with E-state index in [4.69, 9.17) is 26.4 Å². The topological polar surface area (TPSA) is 93.7 Å². The van der Waals surface area contributed by atoms with Gasteiger partial charge in [0.1, 0.15) is 5.52 Å². The third kappa shape index (κ3) is 5.82. The van der Waals surface area contributed by atoms with Crippen LogP contribution in [0.1, 0.15) is 52.4 Å². The van der Waals surface area contributed by atoms with Crippen LogP contribution in [0.25, 0.3) is 11.0 Å². The molecule has 2 bridgehead atoms. The molecular weight excluding hydrogens is 422 g/mol. The summed E-state index contributed by atoms with van der Waals surface area (Å²) in [5.41, 5.74) is 0.540. The maximum Gasteiger partial charge on any atom is 0.307 e. The summed E-state index contributed by atoms with van der Waals surface area (Å²) >= 11 is 5.55. The highest BCUT2D eigenvalue weighted by molar-refractivity contribution is 7.71. The van der Waals surface area contributed by atoms with Crippen LogP contribution in [0.4, 0.5) is 0 Å². The summed E-state index contributed by atoms with van der Waals surface area (Å²) in [5, 5.41) is 0. The van der Waals surface area contributed by atoms with Gasteiger partial charge in [-0.25, -0.2) is 4.57 Å². The van der Waals surface area contributed by atoms with Crippen molar-refractivity contribution in [1.29, 1.82) is 0 Å². The van der Waals surface area contributed by atoms with Gasteiger partial charge in [-0.3, -0.25) is 14.4 Å². The Kier molecular flexibility index (Phi) is 8.03. The van der Waals surface area contributed by atoms with Crippen LogP contribution >= 0.6 is 12.2 Å². The maximum atomic E-state index is 13.2. The van der Waals surface area contributed by atoms with Gasteiger partial charge in [0.25, 0.3) is 5.56 Å². The van der Waals surface area contributed by atoms with E-state index in [1.165, 1.54) is 4.57 Å². The molecule has 31 heavy (non-hydrogen) atoms. The van der Waals surface area contributed by atoms with Crippen molar-refractivity contribution in [3.63, 3.8) is 0 Å². The van der Waals surface area contributed by atoms with E-state index in [-0.39, 0.29) is 42.7 Å². The zero-order valence-corrected chi connectivity index (χ0v) is 18.8. The molecule has 1 aliphatic rings. The number of hydrogen-bond donors (Lipinski definition) is 0. The minimum Gasteiger partial charge on any atom is -0.444 e. The van der Waals surface area contributed by atoms with E-state index in [9.17, 15) is 14.4 Å². The number of cyclic esters (lactones) is 2. The first-order chi connectivity index (χ1) is 14.9. The zero-order valence-electron chi connectivity index (χ0n) is 18.0. The number of carbonyl (C=O) groups is 2. The van der Waals surface area contributed by atoms with E-state index in [0.29, 0.717) is 43.4 Å². The Labute approximate surface area is 185 Å². The first-order valence-electron chi connectivity index (χ1n) is 10.6. The Morgan fingerprint density at radius 2 is 1.68 bits per heavy atom. The van der Waals surface area contributed by atoms with Crippen LogP contribution in [0, 0.1) is 4.77 Å². The molecular formula is C21H29N3O6S. The van der Waals surface area contributed by atoms with E-state index in [1.807, 2.05) is 13.8 Å². The van der Waals surface area contributed by atoms with Gasteiger partial charge in [0, 0.05) is 25.6 Å². The van der Waals surface area contributed by atoms with Crippen molar-refractivity contribution in [3.8, 4) is 0 Å². The number of esters is 2. The highest BCUT2D eigenvalue weighted by Gasteiger charge is 2.17. The molecule has 0 amide bonds. The van der Waals surface area contributed by atoms with Crippen molar-refractivity contribution in [2.45, 2.75) is 78.5 Å². The molecule has 0 radical (unpaired) electrons. The number of carbonyl (C=O) groups excluding carboxylic acids is 2. The molecule has 0 saturated carbocycles. The summed E-state index contributed by atoms with van der Waals surface area (Å²) in [6.07, 6.45) is 5.32. The Morgan fingerprint density at radius 3 is 2.32 bits per heavy atom. The summed E-state index contributed by atoms with van der Waals surface area (Å²) in [7, 11) is 0. The fourth-order valence-electron chi connectivity index (χ4n) is 3.51. The molecule has 3 heterocycles. The average Bonchev–Trinajstić information content (AvgIpc) is 3.14. The van der Waals surface area contributed by atoms with Crippen LogP contribution in [0.3, 0.4) is 0 Å². The van der Waals surface area contributed by atoms with Crippen molar-refractivity contribution in [1.82, 2.24) is 13.7 Å². The molecule has 0 atom stereocenters. The Hall–Kier alpha value is -2.46. The molecule has 3 rings (SSSR count). The lowest BCUT2D eigenvalue weighted by Crippen LogP contribution is -2.29. The standard InChI is InChI=1S/C21H29N3O6S/c1-15(2)28-12-11-23-16-9-10-22-13-29-17(25)7-5-3-4-6-8-18(26)30-14-24(21(23)31)20(27)19(16)22/h9-10,15H,3-8,11-14H2,1-2H3. The van der Waals surface area contributed by atoms with E-state index in [1.54, 1.807) is 21.4 Å². The van der Waals surface area contributed by atoms with Gasteiger partial charge >= 0.3 is 11.9 Å². The zero-order chi connectivity index (χ0) is 22.4. The molecule has 0 aliphatic carbocycles. The van der Waals surface area contributed by atoms with E-state index in [0.717, 1.165) is 12.8 Å². The second kappa shape index (κ2) is 10.7. The first kappa shape index (κ1) is 23.2. The smallest absolute Gasteiger partial charge is 0.307 e. The largest absolute Gasteiger partial charge is 0.444 e. The fraction of sp³-hybridized carbons (Fsp3) is 0.619. The van der Waals surface area contributed by atoms with E-state index >= 15 is 0 Å². The third-order valence-electron chi connectivity index (χ3n) is 5.14. The molecule has 1 aliphatic heterocycles. The SMILES string of the molecule is CC(C)OCCn1c(=S)n2c(=O)c3c1ccn3COC(=O)CCCCCCC(=O)OC2. The average molecular weight is 452 g/mol. The van der Waals surface area contributed by atoms with E-state index in [2.05, 4.69) is 0 Å². The van der Waals surface area contributed by atoms with Crippen molar-refractivity contribution in [3.05, 3.63) is 27.4 Å². The quantitative estimate of drug-likeness (QED) is 0.521. The normalized spacial score (nSPS) is 16.6. The summed E-state index contributed by atoms with van der Waals surface area (Å²) < 4.78 is 21.2. The molecule has 0 saturated heterocycles. The Balaban J connectivity index is 2.02. The van der Waals surface area contributed by atoms with Crippen LogP contribution < -0.4 is 5.56 Å². The number of nitrogens with zero attached hydrogens (tertiary/aromatic N) is 3. The molecule has 9 nitrogen and oxygen atoms in total. The summed E-state index contributed by atoms with van der Waals surface area (Å²) in [6, 6.07) is 1.76. The van der Waals surface area contributed by atoms with Crippen molar-refractivity contribution in [2.24, 2.45) is 0 Å². The summed E-state index contributed by atoms with van der Waals surface area (Å²) in [5.74, 6) is -0.690. The predicted octanol–water partition coefficient (Wildman–Crippen LogP) is 3.11. The number of hydrogen-bond acceptors (Lipinski definition) is 7. The Bertz CT molecular complexity index is 1050. The number of rotatable bonds is 4. The third-order valence-corrected chi connectivity index (χ3v) is 5.58. The van der Waals surface area contributed by atoms with Crippen LogP contribution in [-0.4, -0.2) is 38.4 Å². The van der Waals surface area contributed by atoms with Gasteiger partial charge in [-0.15, -0.1) is 0 Å². The maximum absolute atomic E-state index is 13.2. The molecule has 0 unspecified atom stereocenters. The summed E-state index contributed by atoms with van der Waals surface area (Å²) in [4.78, 5) is 37.4. The molecule has 0 fully saturated rings. The summed E-state index contributed by atoms with van der Waals surface area (Å²) in [6.45, 7) is 4.37. The fourth-order valence-corrected chi connectivity index (χ4v) is 3.83. The van der Waals surface area contributed by atoms with Crippen molar-refractivity contribution >= 4 is 35.2 Å². The highest BCUT2D eigenvalue weighted by Crippen LogP contribution is 2.15.